The van der Waals surface area contributed by atoms with Gasteiger partial charge in [-0.1, -0.05) is 12.1 Å². The molecule has 3 rings (SSSR count). The third-order valence-electron chi connectivity index (χ3n) is 4.37. The van der Waals surface area contributed by atoms with Crippen LogP contribution in [-0.4, -0.2) is 33.6 Å². The van der Waals surface area contributed by atoms with Crippen LogP contribution >= 0.6 is 0 Å². The number of hydrogen-bond acceptors (Lipinski definition) is 2. The summed E-state index contributed by atoms with van der Waals surface area (Å²) >= 11 is 0. The lowest BCUT2D eigenvalue weighted by molar-refractivity contribution is 0.152. The van der Waals surface area contributed by atoms with Crippen LogP contribution < -0.4 is 0 Å². The zero-order valence-electron chi connectivity index (χ0n) is 12.1. The largest absolute Gasteiger partial charge is 0.325 e. The maximum absolute atomic E-state index is 4.69. The first kappa shape index (κ1) is 12.7. The van der Waals surface area contributed by atoms with E-state index in [9.17, 15) is 0 Å². The lowest BCUT2D eigenvalue weighted by Gasteiger charge is -2.35. The minimum atomic E-state index is 0.613. The van der Waals surface area contributed by atoms with Gasteiger partial charge in [-0.2, -0.15) is 0 Å². The molecule has 0 spiro atoms. The monoisotopic (exact) mass is 257 g/mol. The van der Waals surface area contributed by atoms with Crippen molar-refractivity contribution in [3.63, 3.8) is 0 Å². The third-order valence-corrected chi connectivity index (χ3v) is 4.37. The Balaban J connectivity index is 1.87. The first-order valence-electron chi connectivity index (χ1n) is 7.34. The molecule has 3 nitrogen and oxygen atoms in total. The summed E-state index contributed by atoms with van der Waals surface area (Å²) < 4.78 is 2.45. The summed E-state index contributed by atoms with van der Waals surface area (Å²) in [6, 6.07) is 9.78. The van der Waals surface area contributed by atoms with Crippen molar-refractivity contribution in [3.05, 3.63) is 30.1 Å². The molecule has 1 aliphatic heterocycles. The van der Waals surface area contributed by atoms with E-state index in [1.807, 2.05) is 0 Å². The van der Waals surface area contributed by atoms with E-state index in [4.69, 9.17) is 4.98 Å². The average molecular weight is 257 g/mol. The Kier molecular flexibility index (Phi) is 3.31. The number of aryl methyl sites for hydroxylation is 1. The predicted octanol–water partition coefficient (Wildman–Crippen LogP) is 3.39. The van der Waals surface area contributed by atoms with Crippen molar-refractivity contribution in [2.45, 2.75) is 45.7 Å². The van der Waals surface area contributed by atoms with Crippen LogP contribution in [0.4, 0.5) is 0 Å². The molecule has 3 heteroatoms. The molecule has 0 aliphatic carbocycles. The van der Waals surface area contributed by atoms with E-state index >= 15 is 0 Å². The van der Waals surface area contributed by atoms with Crippen molar-refractivity contribution < 1.29 is 0 Å². The number of fused-ring (bicyclic) bond motifs is 1. The number of likely N-dealkylation sites (tertiary alicyclic amines) is 1. The van der Waals surface area contributed by atoms with E-state index in [1.165, 1.54) is 31.4 Å². The normalized spacial score (nSPS) is 18.5. The zero-order valence-corrected chi connectivity index (χ0v) is 12.1. The summed E-state index contributed by atoms with van der Waals surface area (Å²) in [4.78, 5) is 7.27. The van der Waals surface area contributed by atoms with Crippen LogP contribution in [0.5, 0.6) is 0 Å². The second kappa shape index (κ2) is 4.97. The Labute approximate surface area is 115 Å². The van der Waals surface area contributed by atoms with Gasteiger partial charge in [-0.3, -0.25) is 0 Å². The molecule has 0 N–H and O–H groups in total. The van der Waals surface area contributed by atoms with Crippen molar-refractivity contribution in [1.29, 1.82) is 0 Å². The van der Waals surface area contributed by atoms with Crippen LogP contribution in [0.2, 0.25) is 0 Å². The van der Waals surface area contributed by atoms with Crippen LogP contribution in [0.3, 0.4) is 0 Å². The molecular weight excluding hydrogens is 234 g/mol. The zero-order chi connectivity index (χ0) is 13.4. The molecule has 0 amide bonds. The SMILES string of the molecule is Cc1nc2ccccc2n1C1CCN(C(C)C)CC1. The summed E-state index contributed by atoms with van der Waals surface area (Å²) in [7, 11) is 0. The Morgan fingerprint density at radius 3 is 2.53 bits per heavy atom. The van der Waals surface area contributed by atoms with E-state index < -0.39 is 0 Å². The molecule has 0 atom stereocenters. The summed E-state index contributed by atoms with van der Waals surface area (Å²) in [5, 5.41) is 0. The van der Waals surface area contributed by atoms with Crippen molar-refractivity contribution in [2.75, 3.05) is 13.1 Å². The molecule has 1 saturated heterocycles. The molecule has 1 aromatic carbocycles. The molecule has 102 valence electrons. The smallest absolute Gasteiger partial charge is 0.106 e. The quantitative estimate of drug-likeness (QED) is 0.822. The molecule has 1 aromatic heterocycles. The van der Waals surface area contributed by atoms with Crippen LogP contribution in [0.25, 0.3) is 11.0 Å². The first-order valence-corrected chi connectivity index (χ1v) is 7.34. The van der Waals surface area contributed by atoms with E-state index in [1.54, 1.807) is 0 Å². The molecule has 1 fully saturated rings. The summed E-state index contributed by atoms with van der Waals surface area (Å²) in [6.07, 6.45) is 2.47. The average Bonchev–Trinajstić information content (AvgIpc) is 2.74. The van der Waals surface area contributed by atoms with Gasteiger partial charge >= 0.3 is 0 Å². The number of piperidine rings is 1. The molecule has 2 aromatic rings. The minimum Gasteiger partial charge on any atom is -0.325 e. The second-order valence-corrected chi connectivity index (χ2v) is 5.88. The second-order valence-electron chi connectivity index (χ2n) is 5.88. The van der Waals surface area contributed by atoms with Gasteiger partial charge in [0.25, 0.3) is 0 Å². The highest BCUT2D eigenvalue weighted by atomic mass is 15.2. The predicted molar refractivity (Wildman–Crippen MR) is 79.5 cm³/mol. The summed E-state index contributed by atoms with van der Waals surface area (Å²) in [6.45, 7) is 9.12. The van der Waals surface area contributed by atoms with Gasteiger partial charge in [-0.05, 0) is 45.7 Å². The molecule has 0 saturated carbocycles. The topological polar surface area (TPSA) is 21.1 Å². The number of imidazole rings is 1. The third kappa shape index (κ3) is 2.27. The van der Waals surface area contributed by atoms with Crippen LogP contribution in [0.1, 0.15) is 38.6 Å². The first-order chi connectivity index (χ1) is 9.16. The van der Waals surface area contributed by atoms with Crippen molar-refractivity contribution in [3.8, 4) is 0 Å². The van der Waals surface area contributed by atoms with Crippen LogP contribution in [0.15, 0.2) is 24.3 Å². The Bertz CT molecular complexity index is 562. The van der Waals surface area contributed by atoms with Gasteiger partial charge in [-0.15, -0.1) is 0 Å². The number of rotatable bonds is 2. The van der Waals surface area contributed by atoms with Crippen molar-refractivity contribution in [2.24, 2.45) is 0 Å². The van der Waals surface area contributed by atoms with Crippen molar-refractivity contribution in [1.82, 2.24) is 14.5 Å². The number of benzene rings is 1. The van der Waals surface area contributed by atoms with Gasteiger partial charge in [0.15, 0.2) is 0 Å². The van der Waals surface area contributed by atoms with Crippen LogP contribution in [-0.2, 0) is 0 Å². The molecular formula is C16H23N3. The highest BCUT2D eigenvalue weighted by molar-refractivity contribution is 5.76. The maximum atomic E-state index is 4.69. The highest BCUT2D eigenvalue weighted by Crippen LogP contribution is 2.29. The van der Waals surface area contributed by atoms with Gasteiger partial charge < -0.3 is 9.47 Å². The van der Waals surface area contributed by atoms with E-state index in [2.05, 4.69) is 54.5 Å². The fraction of sp³-hybridized carbons (Fsp3) is 0.562. The number of para-hydroxylation sites is 2. The number of nitrogens with zero attached hydrogens (tertiary/aromatic N) is 3. The maximum Gasteiger partial charge on any atom is 0.106 e. The van der Waals surface area contributed by atoms with E-state index in [0.717, 1.165) is 11.3 Å². The Morgan fingerprint density at radius 1 is 1.16 bits per heavy atom. The molecule has 0 bridgehead atoms. The number of hydrogen-bond donors (Lipinski definition) is 0. The summed E-state index contributed by atoms with van der Waals surface area (Å²) in [5.41, 5.74) is 2.43. The van der Waals surface area contributed by atoms with Gasteiger partial charge in [0.1, 0.15) is 5.82 Å². The lowest BCUT2D eigenvalue weighted by Crippen LogP contribution is -2.39. The standard InChI is InChI=1S/C16H23N3/c1-12(2)18-10-8-14(9-11-18)19-13(3)17-15-6-4-5-7-16(15)19/h4-7,12,14H,8-11H2,1-3H3. The van der Waals surface area contributed by atoms with E-state index in [-0.39, 0.29) is 0 Å². The van der Waals surface area contributed by atoms with Gasteiger partial charge in [0.2, 0.25) is 0 Å². The van der Waals surface area contributed by atoms with Crippen LogP contribution in [0, 0.1) is 6.92 Å². The van der Waals surface area contributed by atoms with Gasteiger partial charge in [-0.25, -0.2) is 4.98 Å². The summed E-state index contributed by atoms with van der Waals surface area (Å²) in [5.74, 6) is 1.16. The Morgan fingerprint density at radius 2 is 1.84 bits per heavy atom. The molecule has 0 radical (unpaired) electrons. The fourth-order valence-electron chi connectivity index (χ4n) is 3.29. The Hall–Kier alpha value is -1.35. The number of aromatic nitrogens is 2. The fourth-order valence-corrected chi connectivity index (χ4v) is 3.29. The minimum absolute atomic E-state index is 0.613. The highest BCUT2D eigenvalue weighted by Gasteiger charge is 2.24. The lowest BCUT2D eigenvalue weighted by atomic mass is 10.0. The molecule has 19 heavy (non-hydrogen) atoms. The van der Waals surface area contributed by atoms with Crippen molar-refractivity contribution >= 4 is 11.0 Å². The molecule has 0 unspecified atom stereocenters. The molecule has 2 heterocycles. The van der Waals surface area contributed by atoms with Gasteiger partial charge in [0.05, 0.1) is 11.0 Å². The van der Waals surface area contributed by atoms with E-state index in [0.29, 0.717) is 12.1 Å². The molecule has 1 aliphatic rings. The van der Waals surface area contributed by atoms with Gasteiger partial charge in [0, 0.05) is 25.2 Å².